The number of hydrogen-bond acceptors (Lipinski definition) is 4. The molecule has 1 amide bonds. The Morgan fingerprint density at radius 1 is 1.07 bits per heavy atom. The molecule has 0 aliphatic heterocycles. The van der Waals surface area contributed by atoms with E-state index in [4.69, 9.17) is 4.74 Å². The van der Waals surface area contributed by atoms with Crippen molar-refractivity contribution in [2.24, 2.45) is 0 Å². The number of pyridine rings is 1. The van der Waals surface area contributed by atoms with Crippen molar-refractivity contribution in [3.8, 4) is 11.1 Å². The Morgan fingerprint density at radius 2 is 1.70 bits per heavy atom. The molecule has 3 aromatic rings. The van der Waals surface area contributed by atoms with E-state index in [9.17, 15) is 19.1 Å². The molecule has 2 aromatic carbocycles. The van der Waals surface area contributed by atoms with Crippen LogP contribution < -0.4 is 5.32 Å². The van der Waals surface area contributed by atoms with Gasteiger partial charge in [0.05, 0.1) is 6.20 Å². The molecular weight excluding hydrogens is 387 g/mol. The zero-order valence-electron chi connectivity index (χ0n) is 15.9. The second-order valence-electron chi connectivity index (χ2n) is 7.08. The van der Waals surface area contributed by atoms with Crippen molar-refractivity contribution in [1.29, 1.82) is 0 Å². The van der Waals surface area contributed by atoms with Crippen molar-refractivity contribution >= 4 is 12.1 Å². The molecule has 1 aliphatic carbocycles. The highest BCUT2D eigenvalue weighted by Crippen LogP contribution is 2.44. The van der Waals surface area contributed by atoms with Crippen molar-refractivity contribution in [2.75, 3.05) is 6.61 Å². The first-order valence-corrected chi connectivity index (χ1v) is 9.46. The van der Waals surface area contributed by atoms with Gasteiger partial charge < -0.3 is 15.2 Å². The number of carboxylic acid groups (broad SMARTS) is 1. The summed E-state index contributed by atoms with van der Waals surface area (Å²) in [5.41, 5.74) is 4.69. The molecule has 30 heavy (non-hydrogen) atoms. The lowest BCUT2D eigenvalue weighted by Crippen LogP contribution is -2.43. The summed E-state index contributed by atoms with van der Waals surface area (Å²) in [5, 5.41) is 11.8. The Balaban J connectivity index is 1.43. The van der Waals surface area contributed by atoms with E-state index in [1.165, 1.54) is 12.3 Å². The van der Waals surface area contributed by atoms with E-state index in [0.717, 1.165) is 28.5 Å². The van der Waals surface area contributed by atoms with Gasteiger partial charge in [0.25, 0.3) is 0 Å². The molecule has 1 atom stereocenters. The third-order valence-electron chi connectivity index (χ3n) is 5.14. The van der Waals surface area contributed by atoms with E-state index in [-0.39, 0.29) is 18.9 Å². The Labute approximate surface area is 172 Å². The summed E-state index contributed by atoms with van der Waals surface area (Å²) < 4.78 is 18.7. The van der Waals surface area contributed by atoms with E-state index in [1.54, 1.807) is 0 Å². The molecule has 4 rings (SSSR count). The fraction of sp³-hybridized carbons (Fsp3) is 0.174. The number of nitrogens with zero attached hydrogens (tertiary/aromatic N) is 1. The van der Waals surface area contributed by atoms with Crippen LogP contribution in [0.1, 0.15) is 22.6 Å². The molecule has 0 bridgehead atoms. The molecule has 0 fully saturated rings. The molecule has 1 aliphatic rings. The third kappa shape index (κ3) is 4.00. The van der Waals surface area contributed by atoms with E-state index >= 15 is 0 Å². The molecule has 1 heterocycles. The number of carbonyl (C=O) groups is 2. The molecule has 0 radical (unpaired) electrons. The number of amides is 1. The fourth-order valence-corrected chi connectivity index (χ4v) is 3.79. The Morgan fingerprint density at radius 3 is 2.30 bits per heavy atom. The highest BCUT2D eigenvalue weighted by atomic mass is 19.1. The van der Waals surface area contributed by atoms with Crippen LogP contribution in [0.15, 0.2) is 67.0 Å². The van der Waals surface area contributed by atoms with Crippen LogP contribution in [0.4, 0.5) is 9.18 Å². The minimum absolute atomic E-state index is 0.0771. The zero-order valence-corrected chi connectivity index (χ0v) is 15.9. The Hall–Kier alpha value is -3.74. The fourth-order valence-electron chi connectivity index (χ4n) is 3.79. The second-order valence-corrected chi connectivity index (χ2v) is 7.08. The lowest BCUT2D eigenvalue weighted by molar-refractivity contribution is -0.139. The number of nitrogens with one attached hydrogen (secondary N) is 1. The van der Waals surface area contributed by atoms with Gasteiger partial charge in [-0.3, -0.25) is 4.98 Å². The van der Waals surface area contributed by atoms with Gasteiger partial charge >= 0.3 is 12.1 Å². The predicted molar refractivity (Wildman–Crippen MR) is 108 cm³/mol. The van der Waals surface area contributed by atoms with Crippen molar-refractivity contribution < 1.29 is 23.8 Å². The molecule has 152 valence electrons. The summed E-state index contributed by atoms with van der Waals surface area (Å²) in [7, 11) is 0. The number of fused-ring (bicyclic) bond motifs is 3. The van der Waals surface area contributed by atoms with Crippen molar-refractivity contribution in [3.63, 3.8) is 0 Å². The molecule has 1 unspecified atom stereocenters. The average Bonchev–Trinajstić information content (AvgIpc) is 3.06. The van der Waals surface area contributed by atoms with E-state index in [2.05, 4.69) is 10.3 Å². The number of carbonyl (C=O) groups excluding carboxylic acids is 1. The molecule has 0 spiro atoms. The van der Waals surface area contributed by atoms with Gasteiger partial charge in [0.2, 0.25) is 0 Å². The van der Waals surface area contributed by atoms with Gasteiger partial charge in [-0.05, 0) is 33.9 Å². The summed E-state index contributed by atoms with van der Waals surface area (Å²) in [6.45, 7) is 0.0771. The lowest BCUT2D eigenvalue weighted by Gasteiger charge is -2.17. The quantitative estimate of drug-likeness (QED) is 0.651. The maximum Gasteiger partial charge on any atom is 0.407 e. The second kappa shape index (κ2) is 8.32. The Kier molecular flexibility index (Phi) is 5.43. The van der Waals surface area contributed by atoms with Crippen LogP contribution in [0.25, 0.3) is 11.1 Å². The molecule has 1 aromatic heterocycles. The van der Waals surface area contributed by atoms with E-state index in [0.29, 0.717) is 5.56 Å². The average molecular weight is 406 g/mol. The maximum atomic E-state index is 13.3. The smallest absolute Gasteiger partial charge is 0.407 e. The molecule has 0 saturated heterocycles. The number of rotatable bonds is 6. The summed E-state index contributed by atoms with van der Waals surface area (Å²) in [6, 6.07) is 15.8. The number of ether oxygens (including phenoxy) is 1. The van der Waals surface area contributed by atoms with Gasteiger partial charge in [0, 0.05) is 18.5 Å². The minimum Gasteiger partial charge on any atom is -0.480 e. The van der Waals surface area contributed by atoms with E-state index in [1.807, 2.05) is 48.5 Å². The summed E-state index contributed by atoms with van der Waals surface area (Å²) in [4.78, 5) is 27.5. The number of alkyl carbamates (subject to hydrolysis) is 1. The van der Waals surface area contributed by atoms with Gasteiger partial charge in [0.1, 0.15) is 18.5 Å². The van der Waals surface area contributed by atoms with Crippen molar-refractivity contribution in [3.05, 3.63) is 89.5 Å². The molecule has 6 nitrogen and oxygen atoms in total. The number of aromatic nitrogens is 1. The van der Waals surface area contributed by atoms with Crippen LogP contribution in [0.2, 0.25) is 0 Å². The van der Waals surface area contributed by atoms with Crippen LogP contribution in [0.3, 0.4) is 0 Å². The standard InChI is InChI=1S/C23H19FN2O4/c24-15-9-14(11-25-12-15)10-21(22(27)28)26-23(29)30-13-20-18-7-3-1-5-16(18)17-6-2-4-8-19(17)20/h1-9,11-12,20-21H,10,13H2,(H,26,29)(H,27,28). The van der Waals surface area contributed by atoms with Crippen molar-refractivity contribution in [1.82, 2.24) is 10.3 Å². The normalized spacial score (nSPS) is 13.2. The zero-order chi connectivity index (χ0) is 21.1. The third-order valence-corrected chi connectivity index (χ3v) is 5.14. The predicted octanol–water partition coefficient (Wildman–Crippen LogP) is 3.76. The van der Waals surface area contributed by atoms with Crippen LogP contribution in [-0.4, -0.2) is 34.8 Å². The molecular formula is C23H19FN2O4. The highest BCUT2D eigenvalue weighted by Gasteiger charge is 2.29. The van der Waals surface area contributed by atoms with Gasteiger partial charge in [-0.1, -0.05) is 48.5 Å². The first-order chi connectivity index (χ1) is 14.5. The van der Waals surface area contributed by atoms with Crippen LogP contribution in [0, 0.1) is 5.82 Å². The van der Waals surface area contributed by atoms with Crippen LogP contribution >= 0.6 is 0 Å². The molecule has 7 heteroatoms. The molecule has 0 saturated carbocycles. The number of carboxylic acids is 1. The number of benzene rings is 2. The first-order valence-electron chi connectivity index (χ1n) is 9.46. The van der Waals surface area contributed by atoms with Gasteiger partial charge in [0.15, 0.2) is 0 Å². The summed E-state index contributed by atoms with van der Waals surface area (Å²) in [5.74, 6) is -1.94. The van der Waals surface area contributed by atoms with Gasteiger partial charge in [-0.15, -0.1) is 0 Å². The maximum absolute atomic E-state index is 13.3. The molecule has 2 N–H and O–H groups in total. The largest absolute Gasteiger partial charge is 0.480 e. The summed E-state index contributed by atoms with van der Waals surface area (Å²) >= 11 is 0. The van der Waals surface area contributed by atoms with Crippen molar-refractivity contribution in [2.45, 2.75) is 18.4 Å². The number of hydrogen-bond donors (Lipinski definition) is 2. The monoisotopic (exact) mass is 406 g/mol. The highest BCUT2D eigenvalue weighted by molar-refractivity contribution is 5.81. The minimum atomic E-state index is -1.26. The summed E-state index contributed by atoms with van der Waals surface area (Å²) in [6.07, 6.45) is 1.44. The van der Waals surface area contributed by atoms with E-state index < -0.39 is 23.9 Å². The SMILES string of the molecule is O=C(NC(Cc1cncc(F)c1)C(=O)O)OCC1c2ccccc2-c2ccccc21. The van der Waals surface area contributed by atoms with Gasteiger partial charge in [-0.2, -0.15) is 0 Å². The number of aliphatic carboxylic acids is 1. The van der Waals surface area contributed by atoms with Gasteiger partial charge in [-0.25, -0.2) is 14.0 Å². The lowest BCUT2D eigenvalue weighted by atomic mass is 9.98. The first kappa shape index (κ1) is 19.6. The Bertz CT molecular complexity index is 1060. The number of halogens is 1. The van der Waals surface area contributed by atoms with Crippen LogP contribution in [-0.2, 0) is 16.0 Å². The topological polar surface area (TPSA) is 88.5 Å². The van der Waals surface area contributed by atoms with Crippen LogP contribution in [0.5, 0.6) is 0 Å².